The molecule has 2 rings (SSSR count). The first kappa shape index (κ1) is 16.6. The van der Waals surface area contributed by atoms with Crippen molar-refractivity contribution in [2.24, 2.45) is 0 Å². The zero-order valence-corrected chi connectivity index (χ0v) is 12.3. The summed E-state index contributed by atoms with van der Waals surface area (Å²) in [6.07, 6.45) is -4.46. The van der Waals surface area contributed by atoms with E-state index in [2.05, 4.69) is 10.3 Å². The van der Waals surface area contributed by atoms with Gasteiger partial charge in [-0.05, 0) is 31.2 Å². The quantitative estimate of drug-likeness (QED) is 0.909. The summed E-state index contributed by atoms with van der Waals surface area (Å²) in [5.41, 5.74) is -0.553. The third kappa shape index (κ3) is 4.61. The largest absolute Gasteiger partial charge is 0.491 e. The summed E-state index contributed by atoms with van der Waals surface area (Å²) >= 11 is 0. The van der Waals surface area contributed by atoms with Gasteiger partial charge in [-0.1, -0.05) is 18.2 Å². The normalized spacial score (nSPS) is 12.3. The van der Waals surface area contributed by atoms with Gasteiger partial charge >= 0.3 is 6.18 Å². The maximum Gasteiger partial charge on any atom is 0.419 e. The summed E-state index contributed by atoms with van der Waals surface area (Å²) < 4.78 is 43.9. The lowest BCUT2D eigenvalue weighted by molar-refractivity contribution is -0.139. The van der Waals surface area contributed by atoms with Gasteiger partial charge in [-0.2, -0.15) is 18.4 Å². The van der Waals surface area contributed by atoms with Crippen LogP contribution in [0, 0.1) is 11.3 Å². The molecule has 23 heavy (non-hydrogen) atoms. The van der Waals surface area contributed by atoms with E-state index in [-0.39, 0.29) is 24.1 Å². The smallest absolute Gasteiger partial charge is 0.419 e. The highest BCUT2D eigenvalue weighted by atomic mass is 19.4. The SMILES string of the molecule is CC(COc1ccccc1C(F)(F)F)Nc1cccc(C#N)n1. The maximum absolute atomic E-state index is 12.9. The van der Waals surface area contributed by atoms with E-state index in [1.807, 2.05) is 6.07 Å². The molecule has 0 aliphatic rings. The first-order valence-corrected chi connectivity index (χ1v) is 6.83. The molecule has 0 saturated heterocycles. The zero-order chi connectivity index (χ0) is 16.9. The minimum Gasteiger partial charge on any atom is -0.491 e. The molecule has 1 N–H and O–H groups in total. The van der Waals surface area contributed by atoms with E-state index in [1.54, 1.807) is 25.1 Å². The minimum atomic E-state index is -4.46. The molecule has 0 amide bonds. The van der Waals surface area contributed by atoms with E-state index in [4.69, 9.17) is 10.00 Å². The number of halogens is 3. The lowest BCUT2D eigenvalue weighted by atomic mass is 10.2. The van der Waals surface area contributed by atoms with E-state index in [9.17, 15) is 13.2 Å². The fourth-order valence-electron chi connectivity index (χ4n) is 1.91. The summed E-state index contributed by atoms with van der Waals surface area (Å²) in [4.78, 5) is 4.04. The van der Waals surface area contributed by atoms with Crippen LogP contribution in [0.2, 0.25) is 0 Å². The van der Waals surface area contributed by atoms with Gasteiger partial charge in [0.15, 0.2) is 0 Å². The molecule has 1 unspecified atom stereocenters. The number of nitrogens with zero attached hydrogens (tertiary/aromatic N) is 2. The lowest BCUT2D eigenvalue weighted by Crippen LogP contribution is -2.24. The number of pyridine rings is 1. The predicted molar refractivity (Wildman–Crippen MR) is 79.0 cm³/mol. The summed E-state index contributed by atoms with van der Waals surface area (Å²) in [6, 6.07) is 11.6. The molecule has 2 aromatic rings. The number of hydrogen-bond donors (Lipinski definition) is 1. The second kappa shape index (κ2) is 7.01. The molecule has 7 heteroatoms. The Balaban J connectivity index is 2.00. The van der Waals surface area contributed by atoms with E-state index < -0.39 is 11.7 Å². The Bertz CT molecular complexity index is 710. The number of rotatable bonds is 5. The summed E-state index contributed by atoms with van der Waals surface area (Å²) in [6.45, 7) is 1.77. The van der Waals surface area contributed by atoms with Gasteiger partial charge in [-0.25, -0.2) is 4.98 Å². The Labute approximate surface area is 131 Å². The Kier molecular flexibility index (Phi) is 5.06. The molecule has 0 saturated carbocycles. The van der Waals surface area contributed by atoms with Crippen LogP contribution in [-0.2, 0) is 6.18 Å². The predicted octanol–water partition coefficient (Wildman–Crippen LogP) is 3.85. The van der Waals surface area contributed by atoms with Crippen molar-refractivity contribution < 1.29 is 17.9 Å². The van der Waals surface area contributed by atoms with Crippen LogP contribution >= 0.6 is 0 Å². The number of hydrogen-bond acceptors (Lipinski definition) is 4. The molecule has 0 spiro atoms. The summed E-state index contributed by atoms with van der Waals surface area (Å²) in [7, 11) is 0. The zero-order valence-electron chi connectivity index (χ0n) is 12.3. The van der Waals surface area contributed by atoms with Crippen LogP contribution in [0.5, 0.6) is 5.75 Å². The average molecular weight is 321 g/mol. The molecular weight excluding hydrogens is 307 g/mol. The van der Waals surface area contributed by atoms with Gasteiger partial charge in [-0.3, -0.25) is 0 Å². The monoisotopic (exact) mass is 321 g/mol. The van der Waals surface area contributed by atoms with Crippen molar-refractivity contribution >= 4 is 5.82 Å². The molecule has 120 valence electrons. The number of ether oxygens (including phenoxy) is 1. The van der Waals surface area contributed by atoms with Gasteiger partial charge in [0.1, 0.15) is 29.9 Å². The number of anilines is 1. The van der Waals surface area contributed by atoms with E-state index in [0.717, 1.165) is 6.07 Å². The highest BCUT2D eigenvalue weighted by Gasteiger charge is 2.34. The van der Waals surface area contributed by atoms with Gasteiger partial charge in [0.25, 0.3) is 0 Å². The van der Waals surface area contributed by atoms with Crippen LogP contribution < -0.4 is 10.1 Å². The first-order valence-electron chi connectivity index (χ1n) is 6.83. The van der Waals surface area contributed by atoms with Crippen molar-refractivity contribution in [1.29, 1.82) is 5.26 Å². The Morgan fingerprint density at radius 2 is 1.96 bits per heavy atom. The fraction of sp³-hybridized carbons (Fsp3) is 0.250. The van der Waals surface area contributed by atoms with Crippen molar-refractivity contribution in [2.45, 2.75) is 19.1 Å². The minimum absolute atomic E-state index is 0.0194. The van der Waals surface area contributed by atoms with Crippen molar-refractivity contribution in [2.75, 3.05) is 11.9 Å². The number of benzene rings is 1. The Morgan fingerprint density at radius 1 is 1.22 bits per heavy atom. The van der Waals surface area contributed by atoms with E-state index in [0.29, 0.717) is 5.82 Å². The van der Waals surface area contributed by atoms with Crippen LogP contribution in [0.15, 0.2) is 42.5 Å². The molecular formula is C16H14F3N3O. The van der Waals surface area contributed by atoms with Crippen molar-refractivity contribution in [1.82, 2.24) is 4.98 Å². The van der Waals surface area contributed by atoms with Gasteiger partial charge < -0.3 is 10.1 Å². The van der Waals surface area contributed by atoms with Gasteiger partial charge in [0.2, 0.25) is 0 Å². The molecule has 0 radical (unpaired) electrons. The van der Waals surface area contributed by atoms with Gasteiger partial charge in [0.05, 0.1) is 11.6 Å². The Morgan fingerprint density at radius 3 is 2.65 bits per heavy atom. The van der Waals surface area contributed by atoms with Gasteiger partial charge in [-0.15, -0.1) is 0 Å². The second-order valence-corrected chi connectivity index (χ2v) is 4.87. The third-order valence-corrected chi connectivity index (χ3v) is 2.94. The highest BCUT2D eigenvalue weighted by Crippen LogP contribution is 2.35. The number of nitriles is 1. The second-order valence-electron chi connectivity index (χ2n) is 4.87. The molecule has 0 fully saturated rings. The molecule has 1 aromatic carbocycles. The topological polar surface area (TPSA) is 57.9 Å². The van der Waals surface area contributed by atoms with Crippen LogP contribution in [-0.4, -0.2) is 17.6 Å². The molecule has 1 aromatic heterocycles. The van der Waals surface area contributed by atoms with Crippen LogP contribution in [0.25, 0.3) is 0 Å². The van der Waals surface area contributed by atoms with Crippen LogP contribution in [0.4, 0.5) is 19.0 Å². The van der Waals surface area contributed by atoms with Crippen molar-refractivity contribution in [3.05, 3.63) is 53.7 Å². The third-order valence-electron chi connectivity index (χ3n) is 2.94. The number of alkyl halides is 3. The standard InChI is InChI=1S/C16H14F3N3O/c1-11(21-15-8-4-5-12(9-20)22-15)10-23-14-7-3-2-6-13(14)16(17,18)19/h2-8,11H,10H2,1H3,(H,21,22). The van der Waals surface area contributed by atoms with Crippen molar-refractivity contribution in [3.8, 4) is 11.8 Å². The number of nitrogens with one attached hydrogen (secondary N) is 1. The number of para-hydroxylation sites is 1. The summed E-state index contributed by atoms with van der Waals surface area (Å²) in [5, 5.41) is 11.8. The lowest BCUT2D eigenvalue weighted by Gasteiger charge is -2.18. The fourth-order valence-corrected chi connectivity index (χ4v) is 1.91. The van der Waals surface area contributed by atoms with E-state index in [1.165, 1.54) is 18.2 Å². The first-order chi connectivity index (χ1) is 10.9. The van der Waals surface area contributed by atoms with Gasteiger partial charge in [0, 0.05) is 0 Å². The molecule has 1 atom stereocenters. The molecule has 0 bridgehead atoms. The van der Waals surface area contributed by atoms with Crippen LogP contribution in [0.3, 0.4) is 0 Å². The molecule has 4 nitrogen and oxygen atoms in total. The molecule has 1 heterocycles. The average Bonchev–Trinajstić information content (AvgIpc) is 2.52. The van der Waals surface area contributed by atoms with E-state index >= 15 is 0 Å². The van der Waals surface area contributed by atoms with Crippen molar-refractivity contribution in [3.63, 3.8) is 0 Å². The summed E-state index contributed by atoms with van der Waals surface area (Å²) in [5.74, 6) is 0.247. The molecule has 0 aliphatic heterocycles. The Hall–Kier alpha value is -2.75. The number of aromatic nitrogens is 1. The molecule has 0 aliphatic carbocycles. The maximum atomic E-state index is 12.9. The highest BCUT2D eigenvalue weighted by molar-refractivity contribution is 5.39. The van der Waals surface area contributed by atoms with Crippen LogP contribution in [0.1, 0.15) is 18.2 Å².